The number of aromatic nitrogens is 1. The first-order chi connectivity index (χ1) is 9.69. The largest absolute Gasteiger partial charge is 0.469 e. The molecule has 1 aromatic heterocycles. The summed E-state index contributed by atoms with van der Waals surface area (Å²) in [6.45, 7) is 1.23. The second-order valence-electron chi connectivity index (χ2n) is 4.61. The van der Waals surface area contributed by atoms with E-state index >= 15 is 0 Å². The number of carbonyl (C=O) groups is 1. The van der Waals surface area contributed by atoms with E-state index in [1.807, 2.05) is 48.3 Å². The number of rotatable bonds is 6. The van der Waals surface area contributed by atoms with Gasteiger partial charge < -0.3 is 9.26 Å². The predicted octanol–water partition coefficient (Wildman–Crippen LogP) is 2.34. The summed E-state index contributed by atoms with van der Waals surface area (Å²) >= 11 is 0. The van der Waals surface area contributed by atoms with Crippen molar-refractivity contribution in [3.05, 3.63) is 42.2 Å². The Morgan fingerprint density at radius 2 is 2.10 bits per heavy atom. The first-order valence-electron chi connectivity index (χ1n) is 6.45. The van der Waals surface area contributed by atoms with E-state index in [-0.39, 0.29) is 5.97 Å². The Balaban J connectivity index is 1.91. The molecule has 2 rings (SSSR count). The maximum absolute atomic E-state index is 11.1. The average Bonchev–Trinajstić information content (AvgIpc) is 2.94. The highest BCUT2D eigenvalue weighted by Gasteiger charge is 2.10. The Hall–Kier alpha value is -2.14. The average molecular weight is 274 g/mol. The molecule has 2 aromatic rings. The van der Waals surface area contributed by atoms with Crippen molar-refractivity contribution in [2.75, 3.05) is 20.7 Å². The van der Waals surface area contributed by atoms with E-state index in [0.717, 1.165) is 17.0 Å². The van der Waals surface area contributed by atoms with Crippen molar-refractivity contribution in [3.8, 4) is 11.3 Å². The molecule has 0 radical (unpaired) electrons. The van der Waals surface area contributed by atoms with Crippen LogP contribution in [0.4, 0.5) is 0 Å². The van der Waals surface area contributed by atoms with E-state index in [1.54, 1.807) is 0 Å². The minimum Gasteiger partial charge on any atom is -0.469 e. The van der Waals surface area contributed by atoms with Crippen LogP contribution in [0.15, 0.2) is 40.9 Å². The van der Waals surface area contributed by atoms with Crippen molar-refractivity contribution < 1.29 is 14.1 Å². The quantitative estimate of drug-likeness (QED) is 0.757. The number of ether oxygens (including phenoxy) is 1. The summed E-state index contributed by atoms with van der Waals surface area (Å²) in [4.78, 5) is 13.1. The number of esters is 1. The molecule has 0 atom stereocenters. The Morgan fingerprint density at radius 1 is 1.35 bits per heavy atom. The lowest BCUT2D eigenvalue weighted by molar-refractivity contribution is -0.140. The third-order valence-corrected chi connectivity index (χ3v) is 2.98. The SMILES string of the molecule is COC(=O)CCN(C)Cc1cc(-c2ccccc2)no1. The Labute approximate surface area is 118 Å². The molecule has 106 valence electrons. The van der Waals surface area contributed by atoms with Gasteiger partial charge >= 0.3 is 5.97 Å². The highest BCUT2D eigenvalue weighted by molar-refractivity contribution is 5.69. The molecule has 0 aliphatic carbocycles. The molecule has 5 nitrogen and oxygen atoms in total. The minimum absolute atomic E-state index is 0.209. The number of methoxy groups -OCH3 is 1. The van der Waals surface area contributed by atoms with Crippen LogP contribution >= 0.6 is 0 Å². The Morgan fingerprint density at radius 3 is 2.80 bits per heavy atom. The van der Waals surface area contributed by atoms with Crippen LogP contribution in [0.25, 0.3) is 11.3 Å². The van der Waals surface area contributed by atoms with Crippen LogP contribution in [0.5, 0.6) is 0 Å². The van der Waals surface area contributed by atoms with Gasteiger partial charge in [0.15, 0.2) is 5.76 Å². The summed E-state index contributed by atoms with van der Waals surface area (Å²) in [7, 11) is 3.32. The van der Waals surface area contributed by atoms with Crippen molar-refractivity contribution in [1.29, 1.82) is 0 Å². The first-order valence-corrected chi connectivity index (χ1v) is 6.45. The lowest BCUT2D eigenvalue weighted by Gasteiger charge is -2.13. The van der Waals surface area contributed by atoms with Gasteiger partial charge in [-0.15, -0.1) is 0 Å². The molecule has 0 spiro atoms. The van der Waals surface area contributed by atoms with E-state index in [9.17, 15) is 4.79 Å². The van der Waals surface area contributed by atoms with Crippen molar-refractivity contribution in [3.63, 3.8) is 0 Å². The fourth-order valence-corrected chi connectivity index (χ4v) is 1.86. The number of carbonyl (C=O) groups excluding carboxylic acids is 1. The number of hydrogen-bond acceptors (Lipinski definition) is 5. The summed E-state index contributed by atoms with van der Waals surface area (Å²) in [5, 5.41) is 4.06. The topological polar surface area (TPSA) is 55.6 Å². The smallest absolute Gasteiger partial charge is 0.306 e. The van der Waals surface area contributed by atoms with Crippen molar-refractivity contribution in [2.24, 2.45) is 0 Å². The second-order valence-corrected chi connectivity index (χ2v) is 4.61. The predicted molar refractivity (Wildman–Crippen MR) is 74.9 cm³/mol. The lowest BCUT2D eigenvalue weighted by Crippen LogP contribution is -2.21. The summed E-state index contributed by atoms with van der Waals surface area (Å²) in [6, 6.07) is 11.8. The lowest BCUT2D eigenvalue weighted by atomic mass is 10.1. The zero-order valence-electron chi connectivity index (χ0n) is 11.7. The van der Waals surface area contributed by atoms with Crippen LogP contribution in [0.3, 0.4) is 0 Å². The molecule has 0 aliphatic rings. The molecular formula is C15H18N2O3. The van der Waals surface area contributed by atoms with Gasteiger partial charge in [0, 0.05) is 18.2 Å². The first kappa shape index (κ1) is 14.3. The molecule has 0 N–H and O–H groups in total. The molecule has 1 heterocycles. The molecule has 0 amide bonds. The molecular weight excluding hydrogens is 256 g/mol. The Bertz CT molecular complexity index is 551. The number of benzene rings is 1. The molecule has 0 aliphatic heterocycles. The van der Waals surface area contributed by atoms with E-state index in [1.165, 1.54) is 7.11 Å². The van der Waals surface area contributed by atoms with Crippen molar-refractivity contribution in [2.45, 2.75) is 13.0 Å². The molecule has 0 saturated heterocycles. The van der Waals surface area contributed by atoms with Gasteiger partial charge in [-0.2, -0.15) is 0 Å². The van der Waals surface area contributed by atoms with Gasteiger partial charge in [-0.25, -0.2) is 0 Å². The maximum atomic E-state index is 11.1. The zero-order valence-corrected chi connectivity index (χ0v) is 11.7. The van der Waals surface area contributed by atoms with Gasteiger partial charge in [0.25, 0.3) is 0 Å². The van der Waals surface area contributed by atoms with E-state index in [0.29, 0.717) is 19.5 Å². The van der Waals surface area contributed by atoms with Gasteiger partial charge in [0.2, 0.25) is 0 Å². The van der Waals surface area contributed by atoms with Crippen molar-refractivity contribution >= 4 is 5.97 Å². The zero-order chi connectivity index (χ0) is 14.4. The van der Waals surface area contributed by atoms with Gasteiger partial charge in [-0.1, -0.05) is 35.5 Å². The van der Waals surface area contributed by atoms with Crippen LogP contribution < -0.4 is 0 Å². The van der Waals surface area contributed by atoms with Crippen molar-refractivity contribution in [1.82, 2.24) is 10.1 Å². The van der Waals surface area contributed by atoms with Gasteiger partial charge in [-0.3, -0.25) is 9.69 Å². The second kappa shape index (κ2) is 6.86. The van der Waals surface area contributed by atoms with E-state index < -0.39 is 0 Å². The number of hydrogen-bond donors (Lipinski definition) is 0. The maximum Gasteiger partial charge on any atom is 0.306 e. The highest BCUT2D eigenvalue weighted by atomic mass is 16.5. The van der Waals surface area contributed by atoms with Crippen LogP contribution in [-0.2, 0) is 16.1 Å². The van der Waals surface area contributed by atoms with Crippen LogP contribution in [0.2, 0.25) is 0 Å². The van der Waals surface area contributed by atoms with Gasteiger partial charge in [0.1, 0.15) is 5.69 Å². The monoisotopic (exact) mass is 274 g/mol. The van der Waals surface area contributed by atoms with Gasteiger partial charge in [0.05, 0.1) is 20.1 Å². The third-order valence-electron chi connectivity index (χ3n) is 2.98. The summed E-state index contributed by atoms with van der Waals surface area (Å²) < 4.78 is 9.93. The normalized spacial score (nSPS) is 10.8. The van der Waals surface area contributed by atoms with Gasteiger partial charge in [-0.05, 0) is 7.05 Å². The van der Waals surface area contributed by atoms with E-state index in [2.05, 4.69) is 9.89 Å². The minimum atomic E-state index is -0.209. The molecule has 20 heavy (non-hydrogen) atoms. The Kier molecular flexibility index (Phi) is 4.90. The molecule has 5 heteroatoms. The van der Waals surface area contributed by atoms with Crippen LogP contribution in [0.1, 0.15) is 12.2 Å². The fraction of sp³-hybridized carbons (Fsp3) is 0.333. The molecule has 0 bridgehead atoms. The highest BCUT2D eigenvalue weighted by Crippen LogP contribution is 2.19. The van der Waals surface area contributed by atoms with E-state index in [4.69, 9.17) is 4.52 Å². The summed E-state index contributed by atoms with van der Waals surface area (Å²) in [5.41, 5.74) is 1.85. The summed E-state index contributed by atoms with van der Waals surface area (Å²) in [5.74, 6) is 0.565. The molecule has 0 fully saturated rings. The molecule has 0 saturated carbocycles. The third kappa shape index (κ3) is 3.93. The molecule has 0 unspecified atom stereocenters. The van der Waals surface area contributed by atoms with Crippen LogP contribution in [-0.4, -0.2) is 36.7 Å². The number of nitrogens with zero attached hydrogens (tertiary/aromatic N) is 2. The molecule has 1 aromatic carbocycles. The fourth-order valence-electron chi connectivity index (χ4n) is 1.86. The standard InChI is InChI=1S/C15H18N2O3/c1-17(9-8-15(18)19-2)11-13-10-14(16-20-13)12-6-4-3-5-7-12/h3-7,10H,8-9,11H2,1-2H3. The van der Waals surface area contributed by atoms with Crippen LogP contribution in [0, 0.1) is 0 Å². The summed E-state index contributed by atoms with van der Waals surface area (Å²) in [6.07, 6.45) is 0.368.